The van der Waals surface area contributed by atoms with Crippen LogP contribution in [0.5, 0.6) is 5.75 Å². The van der Waals surface area contributed by atoms with E-state index < -0.39 is 0 Å². The number of aryl methyl sites for hydroxylation is 1. The summed E-state index contributed by atoms with van der Waals surface area (Å²) in [5, 5.41) is 24.6. The summed E-state index contributed by atoms with van der Waals surface area (Å²) in [5.41, 5.74) is 8.20. The number of nitrogens with zero attached hydrogens (tertiary/aromatic N) is 2. The van der Waals surface area contributed by atoms with Crippen molar-refractivity contribution in [2.75, 3.05) is 23.0 Å². The lowest BCUT2D eigenvalue weighted by molar-refractivity contribution is -0.677. The summed E-state index contributed by atoms with van der Waals surface area (Å²) < 4.78 is 24.3. The Morgan fingerprint density at radius 1 is 0.796 bits per heavy atom. The molecule has 49 heavy (non-hydrogen) atoms. The van der Waals surface area contributed by atoms with Crippen LogP contribution >= 0.6 is 24.1 Å². The van der Waals surface area contributed by atoms with Gasteiger partial charge in [0.1, 0.15) is 0 Å². The fraction of sp³-hybridized carbons (Fsp3) is 0.216. The summed E-state index contributed by atoms with van der Waals surface area (Å²) in [4.78, 5) is 2.17. The number of hydrogen-bond acceptors (Lipinski definition) is 11. The average Bonchev–Trinajstić information content (AvgIpc) is 3.67. The molecule has 1 aliphatic heterocycles. The van der Waals surface area contributed by atoms with Gasteiger partial charge in [-0.15, -0.1) is 8.67 Å². The SMILES string of the molecule is CCC(/C=C1\Oc2ccc(-c3ccccc3)cc2N1CCCSOOO)=C\c1oc2ccc(-c3ccccc3)cc2[n+]1CCCSOOO. The van der Waals surface area contributed by atoms with Crippen LogP contribution in [-0.2, 0) is 25.3 Å². The molecule has 254 valence electrons. The lowest BCUT2D eigenvalue weighted by Crippen LogP contribution is -2.35. The zero-order valence-electron chi connectivity index (χ0n) is 26.9. The van der Waals surface area contributed by atoms with E-state index in [9.17, 15) is 0 Å². The summed E-state index contributed by atoms with van der Waals surface area (Å²) in [5.74, 6) is 3.41. The highest BCUT2D eigenvalue weighted by Crippen LogP contribution is 2.42. The first-order valence-corrected chi connectivity index (χ1v) is 17.8. The Bertz CT molecular complexity index is 1880. The van der Waals surface area contributed by atoms with Crippen LogP contribution in [0.1, 0.15) is 32.1 Å². The standard InChI is InChI=1S/C37H36N2O8S2/c1-2-27(23-36-38(19-9-21-48-46-44-40)32-25-30(15-17-34(32)42-36)28-11-5-3-6-12-28)24-37-39(20-10-22-49-47-45-41)33-26-31(16-18-35(33)43-37)29-13-7-4-8-14-29/h3-8,11-18,23-26H,2,9-10,19-22H2,1H3,(H-,40,41)/p+1. The van der Waals surface area contributed by atoms with Crippen LogP contribution in [0.2, 0.25) is 0 Å². The van der Waals surface area contributed by atoms with Crippen LogP contribution in [0.25, 0.3) is 39.4 Å². The highest BCUT2D eigenvalue weighted by molar-refractivity contribution is 7.94. The first kappa shape index (κ1) is 34.7. The van der Waals surface area contributed by atoms with Gasteiger partial charge in [-0.2, -0.15) is 4.57 Å². The topological polar surface area (TPSA) is 107 Å². The van der Waals surface area contributed by atoms with Crippen molar-refractivity contribution in [3.05, 3.63) is 120 Å². The number of rotatable bonds is 17. The van der Waals surface area contributed by atoms with Crippen LogP contribution in [0.3, 0.4) is 0 Å². The lowest BCUT2D eigenvalue weighted by Gasteiger charge is -2.19. The lowest BCUT2D eigenvalue weighted by atomic mass is 10.0. The molecule has 10 nitrogen and oxygen atoms in total. The Kier molecular flexibility index (Phi) is 12.4. The van der Waals surface area contributed by atoms with E-state index in [-0.39, 0.29) is 0 Å². The van der Waals surface area contributed by atoms with Crippen molar-refractivity contribution in [3.63, 3.8) is 0 Å². The zero-order chi connectivity index (χ0) is 33.8. The molecule has 0 spiro atoms. The van der Waals surface area contributed by atoms with E-state index in [1.54, 1.807) is 0 Å². The van der Waals surface area contributed by atoms with E-state index in [4.69, 9.17) is 19.7 Å². The first-order chi connectivity index (χ1) is 24.2. The third-order valence-electron chi connectivity index (χ3n) is 8.08. The predicted octanol–water partition coefficient (Wildman–Crippen LogP) is 9.51. The van der Waals surface area contributed by atoms with Crippen molar-refractivity contribution >= 4 is 46.9 Å². The normalized spacial score (nSPS) is 13.7. The number of aromatic nitrogens is 1. The molecule has 2 heterocycles. The molecule has 1 aliphatic rings. The van der Waals surface area contributed by atoms with E-state index in [1.165, 1.54) is 0 Å². The maximum absolute atomic E-state index is 8.53. The number of anilines is 1. The van der Waals surface area contributed by atoms with E-state index in [2.05, 4.69) is 95.8 Å². The molecular weight excluding hydrogens is 665 g/mol. The van der Waals surface area contributed by atoms with Crippen LogP contribution in [0, 0.1) is 0 Å². The molecule has 6 rings (SSSR count). The number of fused-ring (bicyclic) bond motifs is 2. The third-order valence-corrected chi connectivity index (χ3v) is 9.30. The molecule has 0 saturated carbocycles. The van der Waals surface area contributed by atoms with Gasteiger partial charge >= 0.3 is 5.89 Å². The summed E-state index contributed by atoms with van der Waals surface area (Å²) in [7, 11) is 0. The maximum atomic E-state index is 8.53. The van der Waals surface area contributed by atoms with Gasteiger partial charge in [0.15, 0.2) is 12.3 Å². The Morgan fingerprint density at radius 2 is 1.45 bits per heavy atom. The highest BCUT2D eigenvalue weighted by atomic mass is 32.2. The molecule has 0 unspecified atom stereocenters. The first-order valence-electron chi connectivity index (χ1n) is 16.0. The average molecular weight is 702 g/mol. The largest absolute Gasteiger partial charge is 0.439 e. The van der Waals surface area contributed by atoms with Gasteiger partial charge in [0.05, 0.1) is 11.8 Å². The van der Waals surface area contributed by atoms with E-state index in [0.29, 0.717) is 36.4 Å². The second-order valence-electron chi connectivity index (χ2n) is 11.1. The Morgan fingerprint density at radius 3 is 2.12 bits per heavy atom. The molecular formula is C37H37N2O8S2+. The maximum Gasteiger partial charge on any atom is 0.374 e. The minimum Gasteiger partial charge on any atom is -0.439 e. The second-order valence-corrected chi connectivity index (χ2v) is 12.7. The summed E-state index contributed by atoms with van der Waals surface area (Å²) in [6.45, 7) is 3.41. The molecule has 2 N–H and O–H groups in total. The minimum atomic E-state index is 0.603. The Hall–Kier alpha value is -4.11. The van der Waals surface area contributed by atoms with Crippen LogP contribution in [-0.4, -0.2) is 28.6 Å². The Labute approximate surface area is 293 Å². The van der Waals surface area contributed by atoms with Gasteiger partial charge in [0.2, 0.25) is 11.5 Å². The molecule has 4 aromatic carbocycles. The number of ether oxygens (including phenoxy) is 1. The molecule has 5 aromatic rings. The zero-order valence-corrected chi connectivity index (χ0v) is 28.5. The van der Waals surface area contributed by atoms with Gasteiger partial charge in [-0.05, 0) is 58.9 Å². The van der Waals surface area contributed by atoms with Crippen molar-refractivity contribution in [1.82, 2.24) is 0 Å². The molecule has 12 heteroatoms. The summed E-state index contributed by atoms with van der Waals surface area (Å²) in [6, 6.07) is 33.0. The van der Waals surface area contributed by atoms with Crippen molar-refractivity contribution in [1.29, 1.82) is 0 Å². The fourth-order valence-electron chi connectivity index (χ4n) is 5.74. The van der Waals surface area contributed by atoms with Gasteiger partial charge in [0, 0.05) is 60.7 Å². The predicted molar refractivity (Wildman–Crippen MR) is 192 cm³/mol. The van der Waals surface area contributed by atoms with Crippen molar-refractivity contribution in [2.45, 2.75) is 32.7 Å². The van der Waals surface area contributed by atoms with Gasteiger partial charge in [-0.3, -0.25) is 0 Å². The van der Waals surface area contributed by atoms with Crippen molar-refractivity contribution in [3.8, 4) is 28.0 Å². The van der Waals surface area contributed by atoms with Gasteiger partial charge < -0.3 is 14.1 Å². The Balaban J connectivity index is 1.34. The molecule has 0 amide bonds. The smallest absolute Gasteiger partial charge is 0.374 e. The van der Waals surface area contributed by atoms with E-state index >= 15 is 0 Å². The molecule has 0 bridgehead atoms. The van der Waals surface area contributed by atoms with Gasteiger partial charge in [0.25, 0.3) is 5.52 Å². The number of allylic oxidation sites excluding steroid dienone is 2. The summed E-state index contributed by atoms with van der Waals surface area (Å²) >= 11 is 2.08. The molecule has 0 aliphatic carbocycles. The number of benzene rings is 4. The van der Waals surface area contributed by atoms with Crippen LogP contribution in [0.15, 0.2) is 119 Å². The highest BCUT2D eigenvalue weighted by Gasteiger charge is 2.28. The molecule has 0 fully saturated rings. The number of hydrogen-bond donors (Lipinski definition) is 2. The van der Waals surface area contributed by atoms with Crippen molar-refractivity contribution < 1.29 is 43.0 Å². The third kappa shape index (κ3) is 8.74. The fourth-order valence-corrected chi connectivity index (χ4v) is 6.45. The molecule has 0 saturated heterocycles. The van der Waals surface area contributed by atoms with Crippen LogP contribution < -0.4 is 14.2 Å². The molecule has 0 radical (unpaired) electrons. The van der Waals surface area contributed by atoms with Gasteiger partial charge in [-0.25, -0.2) is 10.5 Å². The quantitative estimate of drug-likeness (QED) is 0.0318. The van der Waals surface area contributed by atoms with Crippen LogP contribution in [0.4, 0.5) is 5.69 Å². The second kappa shape index (κ2) is 17.5. The minimum absolute atomic E-state index is 0.603. The monoisotopic (exact) mass is 701 g/mol. The summed E-state index contributed by atoms with van der Waals surface area (Å²) in [6.07, 6.45) is 6.35. The van der Waals surface area contributed by atoms with E-state index in [1.807, 2.05) is 48.5 Å². The van der Waals surface area contributed by atoms with E-state index in [0.717, 1.165) is 93.7 Å². The molecule has 1 aromatic heterocycles. The van der Waals surface area contributed by atoms with Crippen molar-refractivity contribution in [2.24, 2.45) is 0 Å². The molecule has 0 atom stereocenters. The van der Waals surface area contributed by atoms with Gasteiger partial charge in [-0.1, -0.05) is 89.8 Å². The number of oxazole rings is 1.